The first-order chi connectivity index (χ1) is 2.89. The van der Waals surface area contributed by atoms with Gasteiger partial charge in [-0.05, 0) is 22.6 Å². The van der Waals surface area contributed by atoms with Gasteiger partial charge in [-0.15, -0.1) is 0 Å². The molecule has 1 rings (SSSR count). The fourth-order valence-electron chi connectivity index (χ4n) is 0.188. The number of hydrogen-bond donors (Lipinski definition) is 1. The Hall–Kier alpha value is 0.610. The van der Waals surface area contributed by atoms with Crippen LogP contribution >= 0.6 is 22.6 Å². The van der Waals surface area contributed by atoms with Crippen molar-refractivity contribution >= 4 is 22.6 Å². The van der Waals surface area contributed by atoms with Gasteiger partial charge in [-0.1, -0.05) is 0 Å². The largest absolute Gasteiger partial charge is 0.197 e. The zero-order valence-electron chi connectivity index (χ0n) is 3.15. The van der Waals surface area contributed by atoms with Crippen LogP contribution in [0.15, 0.2) is 6.20 Å². The second-order valence-electron chi connectivity index (χ2n) is 0.793. The molecule has 1 N–H and O–H groups in total. The van der Waals surface area contributed by atoms with Gasteiger partial charge in [0, 0.05) is 22.4 Å². The van der Waals surface area contributed by atoms with Gasteiger partial charge < -0.3 is 0 Å². The minimum Gasteiger partial charge on any atom is -0.197 e. The van der Waals surface area contributed by atoms with Crippen molar-refractivity contribution in [3.8, 4) is 0 Å². The summed E-state index contributed by atoms with van der Waals surface area (Å²) < 4.78 is 0.896. The van der Waals surface area contributed by atoms with Crippen LogP contribution in [0, 0.1) is 3.70 Å². The van der Waals surface area contributed by atoms with E-state index in [4.69, 9.17) is 0 Å². The van der Waals surface area contributed by atoms with Gasteiger partial charge in [0.05, 0.1) is 6.20 Å². The van der Waals surface area contributed by atoms with Crippen molar-refractivity contribution < 1.29 is 22.4 Å². The molecule has 1 aromatic heterocycles. The van der Waals surface area contributed by atoms with Crippen LogP contribution < -0.4 is 0 Å². The maximum absolute atomic E-state index is 3.67. The van der Waals surface area contributed by atoms with Gasteiger partial charge in [0.15, 0.2) is 0 Å². The molecule has 1 aromatic rings. The molecule has 43 valence electrons. The number of aromatic nitrogens is 3. The molecule has 0 unspecified atom stereocenters. The van der Waals surface area contributed by atoms with E-state index in [1.807, 2.05) is 0 Å². The Morgan fingerprint density at radius 1 is 1.71 bits per heavy atom. The van der Waals surface area contributed by atoms with E-state index in [2.05, 4.69) is 38.0 Å². The maximum atomic E-state index is 3.67. The standard InChI is InChI=1S/C2H2IN3.Ag/c3-2-1-4-6-5-2;/h1H,(H,4,5,6);. The molecule has 0 saturated heterocycles. The number of H-pyrrole nitrogens is 1. The smallest absolute Gasteiger partial charge is 0.143 e. The van der Waals surface area contributed by atoms with Crippen LogP contribution in [0.4, 0.5) is 0 Å². The minimum atomic E-state index is 0. The van der Waals surface area contributed by atoms with E-state index in [0.717, 1.165) is 3.70 Å². The molecule has 0 bridgehead atoms. The zero-order valence-corrected chi connectivity index (χ0v) is 6.79. The van der Waals surface area contributed by atoms with Gasteiger partial charge in [-0.2, -0.15) is 15.4 Å². The predicted octanol–water partition coefficient (Wildman–Crippen LogP) is 0.407. The molecular formula is C2H2AgIN3. The van der Waals surface area contributed by atoms with E-state index in [1.54, 1.807) is 6.20 Å². The molecule has 0 aliphatic carbocycles. The molecule has 0 spiro atoms. The molecule has 1 heterocycles. The SMILES string of the molecule is Ic1cn[nH]n1.[Ag]. The van der Waals surface area contributed by atoms with Crippen molar-refractivity contribution in [3.63, 3.8) is 0 Å². The first-order valence-electron chi connectivity index (χ1n) is 1.41. The van der Waals surface area contributed by atoms with Crippen molar-refractivity contribution in [2.75, 3.05) is 0 Å². The molecule has 0 aliphatic rings. The summed E-state index contributed by atoms with van der Waals surface area (Å²) in [6.07, 6.45) is 1.65. The third-order valence-electron chi connectivity index (χ3n) is 0.386. The number of hydrogen-bond acceptors (Lipinski definition) is 2. The molecule has 3 nitrogen and oxygen atoms in total. The number of aromatic amines is 1. The van der Waals surface area contributed by atoms with E-state index in [9.17, 15) is 0 Å². The van der Waals surface area contributed by atoms with E-state index in [1.165, 1.54) is 0 Å². The summed E-state index contributed by atoms with van der Waals surface area (Å²) in [4.78, 5) is 0. The number of nitrogens with one attached hydrogen (secondary N) is 1. The summed E-state index contributed by atoms with van der Waals surface area (Å²) in [7, 11) is 0. The fraction of sp³-hybridized carbons (Fsp3) is 0. The third-order valence-corrected chi connectivity index (χ3v) is 0.905. The van der Waals surface area contributed by atoms with E-state index >= 15 is 0 Å². The van der Waals surface area contributed by atoms with Crippen LogP contribution in [0.5, 0.6) is 0 Å². The topological polar surface area (TPSA) is 41.6 Å². The molecule has 1 radical (unpaired) electrons. The number of halogens is 1. The van der Waals surface area contributed by atoms with Crippen molar-refractivity contribution in [2.45, 2.75) is 0 Å². The van der Waals surface area contributed by atoms with E-state index < -0.39 is 0 Å². The molecule has 0 fully saturated rings. The van der Waals surface area contributed by atoms with E-state index in [0.29, 0.717) is 0 Å². The van der Waals surface area contributed by atoms with E-state index in [-0.39, 0.29) is 22.4 Å². The normalized spacial score (nSPS) is 7.57. The predicted molar refractivity (Wildman–Crippen MR) is 29.1 cm³/mol. The fourth-order valence-corrected chi connectivity index (χ4v) is 0.435. The van der Waals surface area contributed by atoms with Gasteiger partial charge >= 0.3 is 0 Å². The second-order valence-corrected chi connectivity index (χ2v) is 1.90. The molecule has 0 saturated carbocycles. The first-order valence-corrected chi connectivity index (χ1v) is 2.49. The summed E-state index contributed by atoms with van der Waals surface area (Å²) in [5.74, 6) is 0. The van der Waals surface area contributed by atoms with Crippen molar-refractivity contribution in [1.82, 2.24) is 15.4 Å². The van der Waals surface area contributed by atoms with Crippen LogP contribution in [0.3, 0.4) is 0 Å². The van der Waals surface area contributed by atoms with Gasteiger partial charge in [-0.3, -0.25) is 0 Å². The maximum Gasteiger partial charge on any atom is 0.143 e. The quantitative estimate of drug-likeness (QED) is 0.557. The monoisotopic (exact) mass is 302 g/mol. The Kier molecular flexibility index (Phi) is 3.91. The zero-order chi connectivity index (χ0) is 4.41. The van der Waals surface area contributed by atoms with Crippen LogP contribution in [-0.2, 0) is 22.4 Å². The van der Waals surface area contributed by atoms with Gasteiger partial charge in [0.1, 0.15) is 3.70 Å². The molecule has 0 amide bonds. The molecule has 0 aliphatic heterocycles. The Morgan fingerprint density at radius 2 is 2.43 bits per heavy atom. The van der Waals surface area contributed by atoms with Crippen LogP contribution in [0.25, 0.3) is 0 Å². The molecular weight excluding hydrogens is 301 g/mol. The minimum absolute atomic E-state index is 0. The van der Waals surface area contributed by atoms with Crippen molar-refractivity contribution in [3.05, 3.63) is 9.90 Å². The number of rotatable bonds is 0. The summed E-state index contributed by atoms with van der Waals surface area (Å²) in [6, 6.07) is 0. The van der Waals surface area contributed by atoms with Crippen LogP contribution in [0.1, 0.15) is 0 Å². The third kappa shape index (κ3) is 2.43. The average molecular weight is 303 g/mol. The summed E-state index contributed by atoms with van der Waals surface area (Å²) in [5, 5.41) is 9.67. The Labute approximate surface area is 69.9 Å². The molecule has 5 heteroatoms. The van der Waals surface area contributed by atoms with Gasteiger partial charge in [-0.25, -0.2) is 0 Å². The summed E-state index contributed by atoms with van der Waals surface area (Å²) >= 11 is 2.07. The van der Waals surface area contributed by atoms with Crippen LogP contribution in [-0.4, -0.2) is 15.4 Å². The molecule has 0 aromatic carbocycles. The van der Waals surface area contributed by atoms with Crippen molar-refractivity contribution in [1.29, 1.82) is 0 Å². The average Bonchev–Trinajstić information content (AvgIpc) is 1.86. The first kappa shape index (κ1) is 7.61. The van der Waals surface area contributed by atoms with Gasteiger partial charge in [0.25, 0.3) is 0 Å². The summed E-state index contributed by atoms with van der Waals surface area (Å²) in [6.45, 7) is 0. The number of nitrogens with zero attached hydrogens (tertiary/aromatic N) is 2. The molecule has 0 atom stereocenters. The molecule has 7 heavy (non-hydrogen) atoms. The second kappa shape index (κ2) is 3.59. The van der Waals surface area contributed by atoms with Crippen LogP contribution in [0.2, 0.25) is 0 Å². The Morgan fingerprint density at radius 3 is 2.57 bits per heavy atom. The van der Waals surface area contributed by atoms with Crippen molar-refractivity contribution in [2.24, 2.45) is 0 Å². The summed E-state index contributed by atoms with van der Waals surface area (Å²) in [5.41, 5.74) is 0. The Bertz CT molecular complexity index is 116. The Balaban J connectivity index is 0.000000360. The van der Waals surface area contributed by atoms with Gasteiger partial charge in [0.2, 0.25) is 0 Å².